The Morgan fingerprint density at radius 2 is 2.12 bits per heavy atom. The third-order valence-corrected chi connectivity index (χ3v) is 2.70. The average Bonchev–Trinajstić information content (AvgIpc) is 2.45. The molecule has 1 aliphatic heterocycles. The molecule has 2 atom stereocenters. The summed E-state index contributed by atoms with van der Waals surface area (Å²) in [4.78, 5) is 33.8. The fraction of sp³-hybridized carbons (Fsp3) is 0.667. The molecule has 7 heteroatoms. The van der Waals surface area contributed by atoms with E-state index in [4.69, 9.17) is 21.8 Å². The lowest BCUT2D eigenvalue weighted by atomic mass is 10.1. The standard InChI is InChI=1S/C9H12ClNO5/c10-5-3-7(12)11(4-5)6(9(15)16)1-2-8(13)14/h5-6H,1-4H2,(H,13,14)(H,15,16). The topological polar surface area (TPSA) is 94.9 Å². The van der Waals surface area contributed by atoms with Gasteiger partial charge in [-0.2, -0.15) is 0 Å². The zero-order chi connectivity index (χ0) is 12.3. The number of carbonyl (C=O) groups excluding carboxylic acids is 1. The summed E-state index contributed by atoms with van der Waals surface area (Å²) >= 11 is 5.74. The number of halogens is 1. The first-order chi connectivity index (χ1) is 7.41. The van der Waals surface area contributed by atoms with Crippen molar-refractivity contribution in [3.05, 3.63) is 0 Å². The van der Waals surface area contributed by atoms with Gasteiger partial charge in [0.15, 0.2) is 0 Å². The lowest BCUT2D eigenvalue weighted by Gasteiger charge is -2.23. The van der Waals surface area contributed by atoms with Crippen molar-refractivity contribution in [2.24, 2.45) is 0 Å². The highest BCUT2D eigenvalue weighted by Gasteiger charge is 2.36. The Bertz CT molecular complexity index is 319. The number of carbonyl (C=O) groups is 3. The number of hydrogen-bond acceptors (Lipinski definition) is 3. The second-order valence-electron chi connectivity index (χ2n) is 3.63. The highest BCUT2D eigenvalue weighted by molar-refractivity contribution is 6.22. The van der Waals surface area contributed by atoms with E-state index in [1.165, 1.54) is 0 Å². The minimum absolute atomic E-state index is 0.0972. The number of likely N-dealkylation sites (tertiary alicyclic amines) is 1. The van der Waals surface area contributed by atoms with E-state index in [0.717, 1.165) is 4.90 Å². The second kappa shape index (κ2) is 5.16. The zero-order valence-electron chi connectivity index (χ0n) is 8.43. The number of alkyl halides is 1. The molecule has 6 nitrogen and oxygen atoms in total. The summed E-state index contributed by atoms with van der Waals surface area (Å²) in [7, 11) is 0. The van der Waals surface area contributed by atoms with Crippen molar-refractivity contribution in [2.75, 3.05) is 6.54 Å². The molecule has 0 radical (unpaired) electrons. The average molecular weight is 250 g/mol. The molecule has 2 unspecified atom stereocenters. The van der Waals surface area contributed by atoms with Crippen LogP contribution in [-0.2, 0) is 14.4 Å². The van der Waals surface area contributed by atoms with Crippen LogP contribution in [0.25, 0.3) is 0 Å². The number of amides is 1. The molecule has 2 N–H and O–H groups in total. The van der Waals surface area contributed by atoms with Crippen LogP contribution in [0, 0.1) is 0 Å². The minimum Gasteiger partial charge on any atom is -0.481 e. The molecule has 0 bridgehead atoms. The maximum absolute atomic E-state index is 11.4. The van der Waals surface area contributed by atoms with Gasteiger partial charge in [-0.3, -0.25) is 9.59 Å². The first-order valence-corrected chi connectivity index (χ1v) is 5.23. The van der Waals surface area contributed by atoms with Gasteiger partial charge in [-0.1, -0.05) is 0 Å². The van der Waals surface area contributed by atoms with Crippen LogP contribution in [0.15, 0.2) is 0 Å². The van der Waals surface area contributed by atoms with Crippen LogP contribution in [0.2, 0.25) is 0 Å². The van der Waals surface area contributed by atoms with Crippen molar-refractivity contribution in [2.45, 2.75) is 30.7 Å². The fourth-order valence-corrected chi connectivity index (χ4v) is 1.94. The molecule has 1 fully saturated rings. The molecular formula is C9H12ClNO5. The first-order valence-electron chi connectivity index (χ1n) is 4.80. The Labute approximate surface area is 96.8 Å². The van der Waals surface area contributed by atoms with E-state index in [9.17, 15) is 14.4 Å². The molecule has 0 aromatic heterocycles. The summed E-state index contributed by atoms with van der Waals surface area (Å²) in [5.41, 5.74) is 0. The van der Waals surface area contributed by atoms with Crippen molar-refractivity contribution in [3.63, 3.8) is 0 Å². The Kier molecular flexibility index (Phi) is 4.12. The van der Waals surface area contributed by atoms with Crippen LogP contribution in [0.4, 0.5) is 0 Å². The van der Waals surface area contributed by atoms with Gasteiger partial charge < -0.3 is 15.1 Å². The van der Waals surface area contributed by atoms with Gasteiger partial charge >= 0.3 is 11.9 Å². The van der Waals surface area contributed by atoms with Crippen molar-refractivity contribution < 1.29 is 24.6 Å². The molecule has 0 spiro atoms. The molecule has 0 saturated carbocycles. The summed E-state index contributed by atoms with van der Waals surface area (Å²) in [6, 6.07) is -1.09. The first kappa shape index (κ1) is 12.8. The molecule has 16 heavy (non-hydrogen) atoms. The molecule has 1 heterocycles. The molecule has 0 aromatic carbocycles. The number of carboxylic acid groups (broad SMARTS) is 2. The second-order valence-corrected chi connectivity index (χ2v) is 4.25. The number of rotatable bonds is 5. The smallest absolute Gasteiger partial charge is 0.326 e. The highest BCUT2D eigenvalue weighted by atomic mass is 35.5. The quantitative estimate of drug-likeness (QED) is 0.676. The summed E-state index contributed by atoms with van der Waals surface area (Å²) in [5.74, 6) is -2.61. The Morgan fingerprint density at radius 1 is 1.50 bits per heavy atom. The molecule has 0 aliphatic carbocycles. The third kappa shape index (κ3) is 3.10. The molecule has 1 aliphatic rings. The van der Waals surface area contributed by atoms with E-state index in [0.29, 0.717) is 0 Å². The van der Waals surface area contributed by atoms with E-state index in [-0.39, 0.29) is 37.1 Å². The predicted octanol–water partition coefficient (Wildman–Crippen LogP) is 0.144. The van der Waals surface area contributed by atoms with Crippen LogP contribution < -0.4 is 0 Å². The van der Waals surface area contributed by atoms with Crippen LogP contribution in [0.3, 0.4) is 0 Å². The van der Waals surface area contributed by atoms with Gasteiger partial charge in [0.25, 0.3) is 0 Å². The lowest BCUT2D eigenvalue weighted by molar-refractivity contribution is -0.149. The van der Waals surface area contributed by atoms with E-state index in [2.05, 4.69) is 0 Å². The number of aliphatic carboxylic acids is 2. The van der Waals surface area contributed by atoms with Gasteiger partial charge in [0.1, 0.15) is 6.04 Å². The molecule has 90 valence electrons. The van der Waals surface area contributed by atoms with Crippen molar-refractivity contribution in [1.29, 1.82) is 0 Å². The summed E-state index contributed by atoms with van der Waals surface area (Å²) in [6.45, 7) is 0.164. The third-order valence-electron chi connectivity index (χ3n) is 2.40. The van der Waals surface area contributed by atoms with Gasteiger partial charge in [-0.15, -0.1) is 11.6 Å². The van der Waals surface area contributed by atoms with Gasteiger partial charge in [0.05, 0.1) is 5.38 Å². The van der Waals surface area contributed by atoms with Gasteiger partial charge in [-0.25, -0.2) is 4.79 Å². The van der Waals surface area contributed by atoms with Crippen LogP contribution in [0.5, 0.6) is 0 Å². The Morgan fingerprint density at radius 3 is 2.50 bits per heavy atom. The number of hydrogen-bond donors (Lipinski definition) is 2. The molecular weight excluding hydrogens is 238 g/mol. The van der Waals surface area contributed by atoms with E-state index < -0.39 is 18.0 Å². The number of carboxylic acids is 2. The normalized spacial score (nSPS) is 22.2. The van der Waals surface area contributed by atoms with Crippen molar-refractivity contribution in [1.82, 2.24) is 4.90 Å². The Balaban J connectivity index is 2.66. The zero-order valence-corrected chi connectivity index (χ0v) is 9.18. The van der Waals surface area contributed by atoms with Gasteiger partial charge in [-0.05, 0) is 6.42 Å². The largest absolute Gasteiger partial charge is 0.481 e. The molecule has 1 amide bonds. The maximum atomic E-state index is 11.4. The SMILES string of the molecule is O=C(O)CCC(C(=O)O)N1CC(Cl)CC1=O. The predicted molar refractivity (Wildman–Crippen MR) is 54.3 cm³/mol. The van der Waals surface area contributed by atoms with E-state index in [1.807, 2.05) is 0 Å². The monoisotopic (exact) mass is 249 g/mol. The van der Waals surface area contributed by atoms with Gasteiger partial charge in [0.2, 0.25) is 5.91 Å². The number of nitrogens with zero attached hydrogens (tertiary/aromatic N) is 1. The summed E-state index contributed by atoms with van der Waals surface area (Å²) in [6.07, 6.45) is -0.272. The van der Waals surface area contributed by atoms with Gasteiger partial charge in [0, 0.05) is 19.4 Å². The van der Waals surface area contributed by atoms with Crippen LogP contribution in [-0.4, -0.2) is 50.9 Å². The lowest BCUT2D eigenvalue weighted by Crippen LogP contribution is -2.42. The molecule has 1 saturated heterocycles. The fourth-order valence-electron chi connectivity index (χ4n) is 1.66. The van der Waals surface area contributed by atoms with E-state index >= 15 is 0 Å². The van der Waals surface area contributed by atoms with Crippen molar-refractivity contribution >= 4 is 29.4 Å². The summed E-state index contributed by atoms with van der Waals surface area (Å²) < 4.78 is 0. The molecule has 0 aromatic rings. The van der Waals surface area contributed by atoms with Crippen LogP contribution >= 0.6 is 11.6 Å². The van der Waals surface area contributed by atoms with Crippen LogP contribution in [0.1, 0.15) is 19.3 Å². The maximum Gasteiger partial charge on any atom is 0.326 e. The summed E-state index contributed by atoms with van der Waals surface area (Å²) in [5, 5.41) is 17.0. The van der Waals surface area contributed by atoms with Crippen molar-refractivity contribution in [3.8, 4) is 0 Å². The van der Waals surface area contributed by atoms with E-state index in [1.54, 1.807) is 0 Å². The minimum atomic E-state index is -1.19. The Hall–Kier alpha value is -1.30. The highest BCUT2D eigenvalue weighted by Crippen LogP contribution is 2.21. The molecule has 1 rings (SSSR count).